The van der Waals surface area contributed by atoms with Crippen LogP contribution in [0.3, 0.4) is 0 Å². The third-order valence-electron chi connectivity index (χ3n) is 2.62. The van der Waals surface area contributed by atoms with E-state index in [0.29, 0.717) is 5.92 Å². The molecule has 62 valence electrons. The molecule has 0 bridgehead atoms. The number of allylic oxidation sites excluding steroid dienone is 1. The van der Waals surface area contributed by atoms with E-state index in [1.807, 2.05) is 6.92 Å². The fourth-order valence-electron chi connectivity index (χ4n) is 1.85. The number of hydrogen-bond acceptors (Lipinski definition) is 1. The molecule has 0 aromatic carbocycles. The first-order valence-corrected chi connectivity index (χ1v) is 4.32. The Morgan fingerprint density at radius 2 is 2.09 bits per heavy atom. The van der Waals surface area contributed by atoms with E-state index in [2.05, 4.69) is 13.5 Å². The van der Waals surface area contributed by atoms with Gasteiger partial charge in [0, 0.05) is 5.92 Å². The zero-order chi connectivity index (χ0) is 8.43. The summed E-state index contributed by atoms with van der Waals surface area (Å²) < 4.78 is 0. The molecule has 0 radical (unpaired) electrons. The molecule has 0 amide bonds. The van der Waals surface area contributed by atoms with E-state index in [0.717, 1.165) is 12.0 Å². The number of ketones is 1. The molecule has 1 aliphatic rings. The van der Waals surface area contributed by atoms with Gasteiger partial charge in [-0.05, 0) is 31.3 Å². The molecule has 0 aromatic heterocycles. The van der Waals surface area contributed by atoms with Crippen LogP contribution < -0.4 is 0 Å². The summed E-state index contributed by atoms with van der Waals surface area (Å²) >= 11 is 0. The van der Waals surface area contributed by atoms with Crippen molar-refractivity contribution in [1.29, 1.82) is 0 Å². The molecule has 11 heavy (non-hydrogen) atoms. The van der Waals surface area contributed by atoms with Gasteiger partial charge < -0.3 is 0 Å². The van der Waals surface area contributed by atoms with Crippen molar-refractivity contribution >= 4 is 5.78 Å². The average molecular weight is 152 g/mol. The lowest BCUT2D eigenvalue weighted by atomic mass is 9.91. The van der Waals surface area contributed by atoms with E-state index >= 15 is 0 Å². The van der Waals surface area contributed by atoms with Gasteiger partial charge in [0.2, 0.25) is 0 Å². The molecule has 0 spiro atoms. The predicted octanol–water partition coefficient (Wildman–Crippen LogP) is 2.57. The average Bonchev–Trinajstić information content (AvgIpc) is 2.33. The molecule has 1 rings (SSSR count). The Morgan fingerprint density at radius 3 is 2.45 bits per heavy atom. The molecular weight excluding hydrogens is 136 g/mol. The van der Waals surface area contributed by atoms with Crippen molar-refractivity contribution in [2.45, 2.75) is 33.1 Å². The second kappa shape index (κ2) is 3.21. The summed E-state index contributed by atoms with van der Waals surface area (Å²) in [6.45, 7) is 7.66. The Bertz CT molecular complexity index is 181. The van der Waals surface area contributed by atoms with Crippen molar-refractivity contribution in [3.05, 3.63) is 12.2 Å². The first-order chi connectivity index (χ1) is 5.13. The minimum atomic E-state index is 0.285. The highest BCUT2D eigenvalue weighted by atomic mass is 16.1. The number of carbonyl (C=O) groups is 1. The van der Waals surface area contributed by atoms with E-state index in [9.17, 15) is 4.79 Å². The van der Waals surface area contributed by atoms with Gasteiger partial charge in [-0.1, -0.05) is 19.9 Å². The Morgan fingerprint density at radius 1 is 1.45 bits per heavy atom. The number of rotatable bonds is 2. The molecule has 1 aliphatic carbocycles. The van der Waals surface area contributed by atoms with Gasteiger partial charge in [0.05, 0.1) is 0 Å². The molecule has 0 aromatic rings. The molecule has 1 nitrogen and oxygen atoms in total. The summed E-state index contributed by atoms with van der Waals surface area (Å²) in [5.74, 6) is 1.15. The second-order valence-corrected chi connectivity index (χ2v) is 3.66. The lowest BCUT2D eigenvalue weighted by Gasteiger charge is -2.12. The molecule has 1 saturated carbocycles. The van der Waals surface area contributed by atoms with Crippen LogP contribution >= 0.6 is 0 Å². The van der Waals surface area contributed by atoms with Crippen molar-refractivity contribution in [2.75, 3.05) is 0 Å². The maximum Gasteiger partial charge on any atom is 0.161 e. The van der Waals surface area contributed by atoms with Crippen LogP contribution in [0.25, 0.3) is 0 Å². The lowest BCUT2D eigenvalue weighted by Crippen LogP contribution is -2.17. The van der Waals surface area contributed by atoms with Gasteiger partial charge in [0.25, 0.3) is 0 Å². The Labute approximate surface area is 68.5 Å². The molecular formula is C10H16O. The first-order valence-electron chi connectivity index (χ1n) is 4.32. The highest BCUT2D eigenvalue weighted by molar-refractivity contribution is 5.96. The van der Waals surface area contributed by atoms with Crippen LogP contribution in [0.2, 0.25) is 0 Å². The van der Waals surface area contributed by atoms with Crippen LogP contribution in [-0.2, 0) is 4.79 Å². The summed E-state index contributed by atoms with van der Waals surface area (Å²) in [5.41, 5.74) is 0.726. The normalized spacial score (nSPS) is 30.4. The number of carbonyl (C=O) groups excluding carboxylic acids is 1. The van der Waals surface area contributed by atoms with Crippen LogP contribution in [0.15, 0.2) is 12.2 Å². The van der Waals surface area contributed by atoms with Crippen molar-refractivity contribution in [3.63, 3.8) is 0 Å². The molecule has 0 saturated heterocycles. The van der Waals surface area contributed by atoms with E-state index < -0.39 is 0 Å². The minimum absolute atomic E-state index is 0.285. The van der Waals surface area contributed by atoms with Gasteiger partial charge >= 0.3 is 0 Å². The van der Waals surface area contributed by atoms with Crippen LogP contribution in [0.1, 0.15) is 33.1 Å². The summed E-state index contributed by atoms with van der Waals surface area (Å²) in [4.78, 5) is 11.5. The second-order valence-electron chi connectivity index (χ2n) is 3.66. The SMILES string of the molecule is C=C(C)C(=O)C1CCCC1C. The standard InChI is InChI=1S/C10H16O/c1-7(2)10(11)9-6-4-5-8(9)3/h8-9H,1,4-6H2,2-3H3. The fourth-order valence-corrected chi connectivity index (χ4v) is 1.85. The maximum absolute atomic E-state index is 11.5. The Kier molecular flexibility index (Phi) is 2.48. The summed E-state index contributed by atoms with van der Waals surface area (Å²) in [6, 6.07) is 0. The number of Topliss-reactive ketones (excluding diaryl/α,β-unsaturated/α-hetero) is 1. The van der Waals surface area contributed by atoms with Gasteiger partial charge in [0.1, 0.15) is 0 Å². The van der Waals surface area contributed by atoms with E-state index in [4.69, 9.17) is 0 Å². The monoisotopic (exact) mass is 152 g/mol. The van der Waals surface area contributed by atoms with Crippen LogP contribution in [0, 0.1) is 11.8 Å². The minimum Gasteiger partial charge on any atom is -0.294 e. The fraction of sp³-hybridized carbons (Fsp3) is 0.700. The van der Waals surface area contributed by atoms with E-state index in [1.165, 1.54) is 12.8 Å². The quantitative estimate of drug-likeness (QED) is 0.556. The molecule has 1 heteroatoms. The third kappa shape index (κ3) is 1.70. The first kappa shape index (κ1) is 8.51. The third-order valence-corrected chi connectivity index (χ3v) is 2.62. The van der Waals surface area contributed by atoms with E-state index in [-0.39, 0.29) is 11.7 Å². The highest BCUT2D eigenvalue weighted by Gasteiger charge is 2.29. The highest BCUT2D eigenvalue weighted by Crippen LogP contribution is 2.32. The Hall–Kier alpha value is -0.590. The number of hydrogen-bond donors (Lipinski definition) is 0. The molecule has 2 unspecified atom stereocenters. The van der Waals surface area contributed by atoms with Gasteiger partial charge in [-0.2, -0.15) is 0 Å². The maximum atomic E-state index is 11.5. The zero-order valence-corrected chi connectivity index (χ0v) is 7.39. The van der Waals surface area contributed by atoms with Crippen molar-refractivity contribution in [2.24, 2.45) is 11.8 Å². The van der Waals surface area contributed by atoms with Gasteiger partial charge in [-0.3, -0.25) is 4.79 Å². The van der Waals surface area contributed by atoms with Crippen molar-refractivity contribution in [3.8, 4) is 0 Å². The van der Waals surface area contributed by atoms with Gasteiger partial charge in [-0.25, -0.2) is 0 Å². The predicted molar refractivity (Wildman–Crippen MR) is 46.3 cm³/mol. The van der Waals surface area contributed by atoms with Crippen LogP contribution in [0.5, 0.6) is 0 Å². The van der Waals surface area contributed by atoms with Gasteiger partial charge in [-0.15, -0.1) is 0 Å². The molecule has 0 heterocycles. The molecule has 0 aliphatic heterocycles. The Balaban J connectivity index is 2.60. The van der Waals surface area contributed by atoms with Gasteiger partial charge in [0.15, 0.2) is 5.78 Å². The largest absolute Gasteiger partial charge is 0.294 e. The van der Waals surface area contributed by atoms with Crippen LogP contribution in [-0.4, -0.2) is 5.78 Å². The smallest absolute Gasteiger partial charge is 0.161 e. The van der Waals surface area contributed by atoms with E-state index in [1.54, 1.807) is 0 Å². The van der Waals surface area contributed by atoms with Crippen LogP contribution in [0.4, 0.5) is 0 Å². The summed E-state index contributed by atoms with van der Waals surface area (Å²) in [6.07, 6.45) is 3.50. The molecule has 0 N–H and O–H groups in total. The topological polar surface area (TPSA) is 17.1 Å². The molecule has 1 fully saturated rings. The lowest BCUT2D eigenvalue weighted by molar-refractivity contribution is -0.119. The summed E-state index contributed by atoms with van der Waals surface area (Å²) in [5, 5.41) is 0. The molecule has 2 atom stereocenters. The van der Waals surface area contributed by atoms with Crippen molar-refractivity contribution in [1.82, 2.24) is 0 Å². The zero-order valence-electron chi connectivity index (χ0n) is 7.39. The summed E-state index contributed by atoms with van der Waals surface area (Å²) in [7, 11) is 0. The van der Waals surface area contributed by atoms with Crippen molar-refractivity contribution < 1.29 is 4.79 Å².